The standard InChI is InChI=1S/C14H20N2O3S/c1-3-9(2)15-12(17)8-16-6-4-11-10(5-7-20-11)13(16)14(18)19/h5,7,9,13H,3-4,6,8H2,1-2H3,(H,15,17)(H,18,19). The number of rotatable bonds is 5. The second-order valence-corrected chi connectivity index (χ2v) is 6.14. The Morgan fingerprint density at radius 3 is 3.00 bits per heavy atom. The minimum atomic E-state index is -0.888. The molecule has 2 heterocycles. The summed E-state index contributed by atoms with van der Waals surface area (Å²) in [5.74, 6) is -0.995. The van der Waals surface area contributed by atoms with E-state index >= 15 is 0 Å². The molecule has 0 saturated heterocycles. The van der Waals surface area contributed by atoms with Gasteiger partial charge in [-0.25, -0.2) is 0 Å². The molecule has 0 saturated carbocycles. The smallest absolute Gasteiger partial charge is 0.325 e. The molecule has 1 aromatic heterocycles. The van der Waals surface area contributed by atoms with Crippen LogP contribution in [0.4, 0.5) is 0 Å². The Balaban J connectivity index is 2.08. The van der Waals surface area contributed by atoms with Crippen LogP contribution in [0.5, 0.6) is 0 Å². The van der Waals surface area contributed by atoms with E-state index in [4.69, 9.17) is 0 Å². The van der Waals surface area contributed by atoms with Crippen molar-refractivity contribution in [3.8, 4) is 0 Å². The molecule has 1 amide bonds. The predicted molar refractivity (Wildman–Crippen MR) is 77.9 cm³/mol. The molecule has 20 heavy (non-hydrogen) atoms. The van der Waals surface area contributed by atoms with Gasteiger partial charge in [-0.2, -0.15) is 0 Å². The van der Waals surface area contributed by atoms with Crippen LogP contribution in [0, 0.1) is 0 Å². The van der Waals surface area contributed by atoms with E-state index < -0.39 is 12.0 Å². The molecule has 110 valence electrons. The monoisotopic (exact) mass is 296 g/mol. The molecule has 2 atom stereocenters. The zero-order valence-electron chi connectivity index (χ0n) is 11.8. The summed E-state index contributed by atoms with van der Waals surface area (Å²) in [6.07, 6.45) is 1.68. The van der Waals surface area contributed by atoms with Gasteiger partial charge in [-0.3, -0.25) is 14.5 Å². The van der Waals surface area contributed by atoms with Crippen LogP contribution in [0.15, 0.2) is 11.4 Å². The van der Waals surface area contributed by atoms with Crippen LogP contribution >= 0.6 is 11.3 Å². The molecule has 0 aliphatic carbocycles. The van der Waals surface area contributed by atoms with E-state index in [2.05, 4.69) is 5.32 Å². The number of hydrogen-bond donors (Lipinski definition) is 2. The maximum atomic E-state index is 12.0. The Bertz CT molecular complexity index is 500. The Hall–Kier alpha value is -1.40. The molecule has 0 spiro atoms. The fourth-order valence-corrected chi connectivity index (χ4v) is 3.34. The van der Waals surface area contributed by atoms with Crippen LogP contribution in [0.25, 0.3) is 0 Å². The number of nitrogens with one attached hydrogen (secondary N) is 1. The summed E-state index contributed by atoms with van der Waals surface area (Å²) >= 11 is 1.59. The first kappa shape index (κ1) is 15.0. The highest BCUT2D eigenvalue weighted by Crippen LogP contribution is 2.33. The Labute approximate surface area is 122 Å². The van der Waals surface area contributed by atoms with E-state index in [-0.39, 0.29) is 18.5 Å². The second kappa shape index (κ2) is 6.37. The maximum absolute atomic E-state index is 12.0. The summed E-state index contributed by atoms with van der Waals surface area (Å²) in [4.78, 5) is 26.3. The average Bonchev–Trinajstić information content (AvgIpc) is 2.85. The van der Waals surface area contributed by atoms with Crippen molar-refractivity contribution in [2.24, 2.45) is 0 Å². The van der Waals surface area contributed by atoms with E-state index in [1.54, 1.807) is 16.2 Å². The fraction of sp³-hybridized carbons (Fsp3) is 0.571. The van der Waals surface area contributed by atoms with Gasteiger partial charge >= 0.3 is 5.97 Å². The molecule has 1 aromatic rings. The van der Waals surface area contributed by atoms with Gasteiger partial charge in [0.25, 0.3) is 0 Å². The van der Waals surface area contributed by atoms with Crippen LogP contribution < -0.4 is 5.32 Å². The van der Waals surface area contributed by atoms with E-state index in [1.165, 1.54) is 0 Å². The third-order valence-corrected chi connectivity index (χ3v) is 4.66. The minimum absolute atomic E-state index is 0.107. The van der Waals surface area contributed by atoms with Gasteiger partial charge in [0.05, 0.1) is 6.54 Å². The van der Waals surface area contributed by atoms with Gasteiger partial charge in [0.2, 0.25) is 5.91 Å². The van der Waals surface area contributed by atoms with Crippen molar-refractivity contribution in [1.29, 1.82) is 0 Å². The van der Waals surface area contributed by atoms with Gasteiger partial charge in [0.15, 0.2) is 0 Å². The van der Waals surface area contributed by atoms with E-state index in [0.717, 1.165) is 23.3 Å². The number of aliphatic carboxylic acids is 1. The summed E-state index contributed by atoms with van der Waals surface area (Å²) in [7, 11) is 0. The van der Waals surface area contributed by atoms with Crippen LogP contribution in [-0.4, -0.2) is 41.0 Å². The Morgan fingerprint density at radius 1 is 1.60 bits per heavy atom. The number of fused-ring (bicyclic) bond motifs is 1. The number of amides is 1. The summed E-state index contributed by atoms with van der Waals surface area (Å²) in [6, 6.07) is 1.28. The number of carboxylic acid groups (broad SMARTS) is 1. The Kier molecular flexibility index (Phi) is 4.77. The molecule has 6 heteroatoms. The van der Waals surface area contributed by atoms with Gasteiger partial charge in [-0.15, -0.1) is 11.3 Å². The Morgan fingerprint density at radius 2 is 2.35 bits per heavy atom. The van der Waals surface area contributed by atoms with Crippen LogP contribution in [0.2, 0.25) is 0 Å². The zero-order chi connectivity index (χ0) is 14.7. The molecule has 5 nitrogen and oxygen atoms in total. The molecule has 2 unspecified atom stereocenters. The van der Waals surface area contributed by atoms with Crippen molar-refractivity contribution in [2.75, 3.05) is 13.1 Å². The van der Waals surface area contributed by atoms with Crippen LogP contribution in [0.1, 0.15) is 36.8 Å². The lowest BCUT2D eigenvalue weighted by Gasteiger charge is -2.32. The van der Waals surface area contributed by atoms with Gasteiger partial charge < -0.3 is 10.4 Å². The van der Waals surface area contributed by atoms with Crippen molar-refractivity contribution in [3.63, 3.8) is 0 Å². The van der Waals surface area contributed by atoms with Crippen molar-refractivity contribution in [2.45, 2.75) is 38.8 Å². The number of carbonyl (C=O) groups excluding carboxylic acids is 1. The maximum Gasteiger partial charge on any atom is 0.325 e. The number of thiophene rings is 1. The number of carboxylic acids is 1. The lowest BCUT2D eigenvalue weighted by Crippen LogP contribution is -2.46. The highest BCUT2D eigenvalue weighted by atomic mass is 32.1. The zero-order valence-corrected chi connectivity index (χ0v) is 12.6. The number of carbonyl (C=O) groups is 2. The summed E-state index contributed by atoms with van der Waals surface area (Å²) in [6.45, 7) is 4.69. The van der Waals surface area contributed by atoms with Crippen LogP contribution in [0.3, 0.4) is 0 Å². The van der Waals surface area contributed by atoms with E-state index in [1.807, 2.05) is 25.3 Å². The molecule has 1 aliphatic heterocycles. The predicted octanol–water partition coefficient (Wildman–Crippen LogP) is 1.65. The van der Waals surface area contributed by atoms with Gasteiger partial charge in [0.1, 0.15) is 6.04 Å². The molecule has 1 aliphatic rings. The molecule has 0 radical (unpaired) electrons. The number of nitrogens with zero attached hydrogens (tertiary/aromatic N) is 1. The summed E-state index contributed by atoms with van der Waals surface area (Å²) < 4.78 is 0. The molecular weight excluding hydrogens is 276 g/mol. The normalized spacial score (nSPS) is 20.2. The fourth-order valence-electron chi connectivity index (χ4n) is 2.43. The first-order valence-corrected chi connectivity index (χ1v) is 7.73. The van der Waals surface area contributed by atoms with Gasteiger partial charge in [-0.05, 0) is 36.8 Å². The third kappa shape index (κ3) is 3.19. The van der Waals surface area contributed by atoms with Gasteiger partial charge in [-0.1, -0.05) is 6.92 Å². The lowest BCUT2D eigenvalue weighted by molar-refractivity contribution is -0.144. The molecule has 0 aromatic carbocycles. The highest BCUT2D eigenvalue weighted by Gasteiger charge is 2.34. The lowest BCUT2D eigenvalue weighted by atomic mass is 10.00. The molecule has 0 fully saturated rings. The summed E-state index contributed by atoms with van der Waals surface area (Å²) in [5.41, 5.74) is 0.838. The van der Waals surface area contributed by atoms with Crippen molar-refractivity contribution < 1.29 is 14.7 Å². The summed E-state index contributed by atoms with van der Waals surface area (Å²) in [5, 5.41) is 14.2. The molecular formula is C14H20N2O3S. The van der Waals surface area contributed by atoms with Crippen molar-refractivity contribution >= 4 is 23.2 Å². The average molecular weight is 296 g/mol. The minimum Gasteiger partial charge on any atom is -0.480 e. The first-order valence-electron chi connectivity index (χ1n) is 6.85. The van der Waals surface area contributed by atoms with Crippen LogP contribution in [-0.2, 0) is 16.0 Å². The first-order chi connectivity index (χ1) is 9.52. The molecule has 0 bridgehead atoms. The quantitative estimate of drug-likeness (QED) is 0.867. The van der Waals surface area contributed by atoms with Crippen molar-refractivity contribution in [1.82, 2.24) is 10.2 Å². The van der Waals surface area contributed by atoms with Crippen molar-refractivity contribution in [3.05, 3.63) is 21.9 Å². The SMILES string of the molecule is CCC(C)NC(=O)CN1CCc2sccc2C1C(=O)O. The molecule has 2 rings (SSSR count). The topological polar surface area (TPSA) is 69.6 Å². The number of hydrogen-bond acceptors (Lipinski definition) is 4. The van der Waals surface area contributed by atoms with E-state index in [0.29, 0.717) is 6.54 Å². The van der Waals surface area contributed by atoms with E-state index in [9.17, 15) is 14.7 Å². The highest BCUT2D eigenvalue weighted by molar-refractivity contribution is 7.10. The van der Waals surface area contributed by atoms with Gasteiger partial charge in [0, 0.05) is 17.5 Å². The third-order valence-electron chi connectivity index (χ3n) is 3.67. The second-order valence-electron chi connectivity index (χ2n) is 5.14. The largest absolute Gasteiger partial charge is 0.480 e. The molecule has 2 N–H and O–H groups in total.